The number of rotatable bonds is 5. The minimum absolute atomic E-state index is 0.432. The minimum Gasteiger partial charge on any atom is -0.384 e. The van der Waals surface area contributed by atoms with Crippen LogP contribution in [0.1, 0.15) is 5.69 Å². The van der Waals surface area contributed by atoms with Crippen molar-refractivity contribution in [3.05, 3.63) is 40.0 Å². The van der Waals surface area contributed by atoms with Gasteiger partial charge in [-0.05, 0) is 25.1 Å². The average Bonchev–Trinajstić information content (AvgIpc) is 2.40. The third kappa shape index (κ3) is 4.85. The number of halogens is 2. The summed E-state index contributed by atoms with van der Waals surface area (Å²) in [5.41, 5.74) is 6.47. The highest BCUT2D eigenvalue weighted by atomic mass is 35.5. The summed E-state index contributed by atoms with van der Waals surface area (Å²) in [6.07, 6.45) is 0. The number of nitrogen functional groups attached to an aromatic ring is 1. The van der Waals surface area contributed by atoms with Crippen LogP contribution in [-0.4, -0.2) is 25.7 Å². The first-order valence-corrected chi connectivity index (χ1v) is 9.09. The lowest BCUT2D eigenvalue weighted by Crippen LogP contribution is -2.03. The largest absolute Gasteiger partial charge is 0.384 e. The fourth-order valence-corrected chi connectivity index (χ4v) is 4.48. The van der Waals surface area contributed by atoms with Gasteiger partial charge in [-0.25, -0.2) is 9.97 Å². The zero-order valence-electron chi connectivity index (χ0n) is 11.2. The highest BCUT2D eigenvalue weighted by Gasteiger charge is 2.10. The van der Waals surface area contributed by atoms with E-state index in [1.807, 2.05) is 6.92 Å². The van der Waals surface area contributed by atoms with Crippen LogP contribution in [0, 0.1) is 6.92 Å². The molecule has 1 atom stereocenters. The van der Waals surface area contributed by atoms with E-state index < -0.39 is 10.8 Å². The molecule has 2 aromatic rings. The fourth-order valence-electron chi connectivity index (χ4n) is 1.60. The number of anilines is 1. The van der Waals surface area contributed by atoms with Gasteiger partial charge < -0.3 is 5.73 Å². The van der Waals surface area contributed by atoms with Gasteiger partial charge in [0.2, 0.25) is 0 Å². The van der Waals surface area contributed by atoms with E-state index in [1.165, 1.54) is 11.8 Å². The summed E-state index contributed by atoms with van der Waals surface area (Å²) in [7, 11) is -1.21. The van der Waals surface area contributed by atoms with E-state index >= 15 is 0 Å². The standard InChI is InChI=1S/C13H13Cl2N3OS2/c1-8-6-12(16)18-13(17-8)20-4-5-21(19)11-7-9(14)2-3-10(11)15/h2-3,6-7H,4-5H2,1H3,(H2,16,17,18). The maximum atomic E-state index is 12.2. The maximum absolute atomic E-state index is 12.2. The molecule has 4 nitrogen and oxygen atoms in total. The Hall–Kier alpha value is -0.820. The van der Waals surface area contributed by atoms with Gasteiger partial charge in [0.05, 0.1) is 20.7 Å². The SMILES string of the molecule is Cc1cc(N)nc(SCCS(=O)c2cc(Cl)ccc2Cl)n1. The van der Waals surface area contributed by atoms with Gasteiger partial charge in [-0.3, -0.25) is 4.21 Å². The Bertz CT molecular complexity index is 662. The second kappa shape index (κ2) is 7.45. The Morgan fingerprint density at radius 1 is 1.29 bits per heavy atom. The third-order valence-corrected chi connectivity index (χ3v) is 5.68. The number of hydrogen-bond donors (Lipinski definition) is 1. The van der Waals surface area contributed by atoms with E-state index in [9.17, 15) is 4.21 Å². The molecular weight excluding hydrogens is 349 g/mol. The quantitative estimate of drug-likeness (QED) is 0.650. The Morgan fingerprint density at radius 3 is 2.76 bits per heavy atom. The maximum Gasteiger partial charge on any atom is 0.189 e. The highest BCUT2D eigenvalue weighted by Crippen LogP contribution is 2.24. The monoisotopic (exact) mass is 361 g/mol. The molecule has 1 aromatic carbocycles. The minimum atomic E-state index is -1.21. The molecule has 112 valence electrons. The molecule has 0 bridgehead atoms. The molecule has 0 amide bonds. The summed E-state index contributed by atoms with van der Waals surface area (Å²) in [5.74, 6) is 1.46. The summed E-state index contributed by atoms with van der Waals surface area (Å²) in [6.45, 7) is 1.85. The number of thioether (sulfide) groups is 1. The van der Waals surface area contributed by atoms with Crippen LogP contribution in [0.3, 0.4) is 0 Å². The van der Waals surface area contributed by atoms with E-state index in [4.69, 9.17) is 28.9 Å². The number of aromatic nitrogens is 2. The number of benzene rings is 1. The van der Waals surface area contributed by atoms with Crippen molar-refractivity contribution in [1.82, 2.24) is 9.97 Å². The van der Waals surface area contributed by atoms with E-state index in [0.717, 1.165) is 5.69 Å². The molecule has 0 aliphatic carbocycles. The smallest absolute Gasteiger partial charge is 0.189 e. The van der Waals surface area contributed by atoms with Crippen molar-refractivity contribution < 1.29 is 4.21 Å². The zero-order valence-corrected chi connectivity index (χ0v) is 14.3. The van der Waals surface area contributed by atoms with Gasteiger partial charge in [0, 0.05) is 28.3 Å². The molecular formula is C13H13Cl2N3OS2. The van der Waals surface area contributed by atoms with Crippen LogP contribution in [0.2, 0.25) is 10.0 Å². The van der Waals surface area contributed by atoms with Crippen molar-refractivity contribution in [3.8, 4) is 0 Å². The molecule has 0 aliphatic rings. The van der Waals surface area contributed by atoms with Gasteiger partial charge >= 0.3 is 0 Å². The van der Waals surface area contributed by atoms with Gasteiger partial charge in [-0.2, -0.15) is 0 Å². The number of nitrogens with zero attached hydrogens (tertiary/aromatic N) is 2. The van der Waals surface area contributed by atoms with Crippen LogP contribution < -0.4 is 5.73 Å². The fraction of sp³-hybridized carbons (Fsp3) is 0.231. The van der Waals surface area contributed by atoms with E-state index in [-0.39, 0.29) is 0 Å². The topological polar surface area (TPSA) is 68.9 Å². The summed E-state index contributed by atoms with van der Waals surface area (Å²) in [5, 5.41) is 1.56. The van der Waals surface area contributed by atoms with Crippen molar-refractivity contribution in [3.63, 3.8) is 0 Å². The third-order valence-electron chi connectivity index (χ3n) is 2.49. The van der Waals surface area contributed by atoms with Crippen molar-refractivity contribution >= 4 is 51.6 Å². The zero-order chi connectivity index (χ0) is 15.4. The Balaban J connectivity index is 1.96. The molecule has 1 unspecified atom stereocenters. The van der Waals surface area contributed by atoms with Crippen molar-refractivity contribution in [1.29, 1.82) is 0 Å². The van der Waals surface area contributed by atoms with Gasteiger partial charge in [-0.1, -0.05) is 35.0 Å². The Morgan fingerprint density at radius 2 is 2.05 bits per heavy atom. The normalized spacial score (nSPS) is 12.3. The lowest BCUT2D eigenvalue weighted by molar-refractivity contribution is 0.684. The van der Waals surface area contributed by atoms with Gasteiger partial charge in [-0.15, -0.1) is 0 Å². The van der Waals surface area contributed by atoms with E-state index in [0.29, 0.717) is 37.4 Å². The molecule has 8 heteroatoms. The molecule has 21 heavy (non-hydrogen) atoms. The highest BCUT2D eigenvalue weighted by molar-refractivity contribution is 8.00. The molecule has 0 spiro atoms. The number of aryl methyl sites for hydroxylation is 1. The molecule has 0 fully saturated rings. The summed E-state index contributed by atoms with van der Waals surface area (Å²) in [6, 6.07) is 6.65. The predicted octanol–water partition coefficient (Wildman–Crippen LogP) is 3.57. The first-order chi connectivity index (χ1) is 9.95. The van der Waals surface area contributed by atoms with Gasteiger partial charge in [0.15, 0.2) is 5.16 Å². The average molecular weight is 362 g/mol. The molecule has 1 aromatic heterocycles. The lowest BCUT2D eigenvalue weighted by atomic mass is 10.4. The van der Waals surface area contributed by atoms with Crippen molar-refractivity contribution in [2.45, 2.75) is 17.0 Å². The summed E-state index contributed by atoms with van der Waals surface area (Å²) >= 11 is 13.3. The second-order valence-electron chi connectivity index (χ2n) is 4.19. The van der Waals surface area contributed by atoms with Crippen LogP contribution in [0.25, 0.3) is 0 Å². The van der Waals surface area contributed by atoms with E-state index in [1.54, 1.807) is 24.3 Å². The van der Waals surface area contributed by atoms with Crippen molar-refractivity contribution in [2.75, 3.05) is 17.2 Å². The second-order valence-corrected chi connectivity index (χ2v) is 7.63. The number of nitrogens with two attached hydrogens (primary N) is 1. The van der Waals surface area contributed by atoms with Crippen LogP contribution in [0.15, 0.2) is 34.3 Å². The number of hydrogen-bond acceptors (Lipinski definition) is 5. The molecule has 0 aliphatic heterocycles. The predicted molar refractivity (Wildman–Crippen MR) is 89.6 cm³/mol. The molecule has 2 rings (SSSR count). The van der Waals surface area contributed by atoms with Crippen LogP contribution in [-0.2, 0) is 10.8 Å². The van der Waals surface area contributed by atoms with Crippen LogP contribution in [0.4, 0.5) is 5.82 Å². The lowest BCUT2D eigenvalue weighted by Gasteiger charge is -2.05. The van der Waals surface area contributed by atoms with Crippen LogP contribution >= 0.6 is 35.0 Å². The Kier molecular flexibility index (Phi) is 5.87. The molecule has 0 saturated carbocycles. The summed E-state index contributed by atoms with van der Waals surface area (Å²) < 4.78 is 12.2. The van der Waals surface area contributed by atoms with E-state index in [2.05, 4.69) is 9.97 Å². The molecule has 2 N–H and O–H groups in total. The summed E-state index contributed by atoms with van der Waals surface area (Å²) in [4.78, 5) is 8.93. The van der Waals surface area contributed by atoms with Gasteiger partial charge in [0.25, 0.3) is 0 Å². The molecule has 1 heterocycles. The van der Waals surface area contributed by atoms with Crippen molar-refractivity contribution in [2.24, 2.45) is 0 Å². The first-order valence-electron chi connectivity index (χ1n) is 6.03. The Labute approximate surface area is 139 Å². The molecule has 0 saturated heterocycles. The van der Waals surface area contributed by atoms with Crippen LogP contribution in [0.5, 0.6) is 0 Å². The first kappa shape index (κ1) is 16.5. The molecule has 0 radical (unpaired) electrons. The van der Waals surface area contributed by atoms with Gasteiger partial charge in [0.1, 0.15) is 5.82 Å².